The Morgan fingerprint density at radius 1 is 0.909 bits per heavy atom. The first-order valence-corrected chi connectivity index (χ1v) is 5.69. The third-order valence-electron chi connectivity index (χ3n) is 2.47. The number of carboxylic acid groups (broad SMARTS) is 2. The molecule has 0 aliphatic carbocycles. The van der Waals surface area contributed by atoms with Gasteiger partial charge >= 0.3 is 11.9 Å². The largest absolute Gasteiger partial charge is 0.507 e. The molecule has 0 unspecified atom stereocenters. The molecule has 2 aromatic carbocycles. The Kier molecular flexibility index (Phi) is 3.03. The van der Waals surface area contributed by atoms with Crippen LogP contribution in [0.2, 0.25) is 0 Å². The Morgan fingerprint density at radius 3 is 2.18 bits per heavy atom. The van der Waals surface area contributed by atoms with E-state index in [0.717, 1.165) is 12.1 Å². The third kappa shape index (κ3) is 3.18. The maximum atomic E-state index is 11.1. The van der Waals surface area contributed by atoms with Crippen LogP contribution in [-0.4, -0.2) is 32.4 Å². The summed E-state index contributed by atoms with van der Waals surface area (Å²) in [7, 11) is 0. The number of carbonyl (C=O) groups is 2. The summed E-state index contributed by atoms with van der Waals surface area (Å²) in [5, 5.41) is 44.1. The average molecular weight is 305 g/mol. The van der Waals surface area contributed by atoms with Crippen molar-refractivity contribution in [1.82, 2.24) is 0 Å². The van der Waals surface area contributed by atoms with E-state index in [4.69, 9.17) is 14.3 Å². The molecule has 0 saturated heterocycles. The highest BCUT2D eigenvalue weighted by atomic mass is 16.4. The molecule has 8 nitrogen and oxygen atoms in total. The van der Waals surface area contributed by atoms with E-state index in [1.165, 1.54) is 6.07 Å². The summed E-state index contributed by atoms with van der Waals surface area (Å²) >= 11 is 0. The van der Waals surface area contributed by atoms with E-state index in [9.17, 15) is 19.8 Å². The highest BCUT2D eigenvalue weighted by Crippen LogP contribution is 2.27. The molecule has 0 bridgehead atoms. The Labute approximate surface area is 127 Å². The normalized spacial score (nSPS) is 12.6. The van der Waals surface area contributed by atoms with Crippen LogP contribution < -0.4 is 0 Å². The lowest BCUT2D eigenvalue weighted by Gasteiger charge is -2.01. The number of azo groups is 1. The fourth-order valence-electron chi connectivity index (χ4n) is 1.46. The number of benzene rings is 2. The van der Waals surface area contributed by atoms with Crippen molar-refractivity contribution < 1.29 is 34.1 Å². The van der Waals surface area contributed by atoms with Crippen LogP contribution in [0.15, 0.2) is 46.6 Å². The molecule has 112 valence electrons. The molecular weight excluding hydrogens is 292 g/mol. The van der Waals surface area contributed by atoms with Gasteiger partial charge in [0.05, 0.1) is 15.5 Å². The first-order chi connectivity index (χ1) is 11.6. The maximum absolute atomic E-state index is 11.1. The molecule has 0 atom stereocenters. The fraction of sp³-hybridized carbons (Fsp3) is 0. The van der Waals surface area contributed by atoms with Gasteiger partial charge in [0.1, 0.15) is 22.6 Å². The molecule has 4 N–H and O–H groups in total. The minimum Gasteiger partial charge on any atom is -0.507 e. The van der Waals surface area contributed by atoms with Gasteiger partial charge in [-0.05, 0) is 36.3 Å². The molecule has 0 aliphatic rings. The van der Waals surface area contributed by atoms with E-state index in [0.29, 0.717) is 0 Å². The first-order valence-electron chi connectivity index (χ1n) is 7.19. The van der Waals surface area contributed by atoms with Crippen molar-refractivity contribution in [2.75, 3.05) is 0 Å². The van der Waals surface area contributed by atoms with E-state index >= 15 is 0 Å². The molecule has 0 radical (unpaired) electrons. The SMILES string of the molecule is [2H]c1c([2H])c(N=Nc2ccc(O)c(C(=O)O)c2)c([2H])c(C(=O)O)c1O. The van der Waals surface area contributed by atoms with Crippen LogP contribution in [0.5, 0.6) is 11.5 Å². The van der Waals surface area contributed by atoms with Crippen molar-refractivity contribution in [3.63, 3.8) is 0 Å². The van der Waals surface area contributed by atoms with Gasteiger partial charge in [-0.25, -0.2) is 9.59 Å². The summed E-state index contributed by atoms with van der Waals surface area (Å²) in [6.45, 7) is 0. The minimum atomic E-state index is -1.68. The summed E-state index contributed by atoms with van der Waals surface area (Å²) in [5.41, 5.74) is -1.98. The highest BCUT2D eigenvalue weighted by molar-refractivity contribution is 5.92. The quantitative estimate of drug-likeness (QED) is 0.640. The van der Waals surface area contributed by atoms with Gasteiger partial charge in [-0.3, -0.25) is 0 Å². The van der Waals surface area contributed by atoms with E-state index in [1.54, 1.807) is 0 Å². The van der Waals surface area contributed by atoms with Crippen molar-refractivity contribution in [1.29, 1.82) is 0 Å². The lowest BCUT2D eigenvalue weighted by Crippen LogP contribution is -1.96. The second kappa shape index (κ2) is 5.92. The van der Waals surface area contributed by atoms with E-state index in [2.05, 4.69) is 10.2 Å². The van der Waals surface area contributed by atoms with Crippen LogP contribution in [0.4, 0.5) is 11.4 Å². The Bertz CT molecular complexity index is 930. The number of hydrogen-bond acceptors (Lipinski definition) is 6. The third-order valence-corrected chi connectivity index (χ3v) is 2.47. The van der Waals surface area contributed by atoms with Crippen LogP contribution in [0.1, 0.15) is 24.8 Å². The monoisotopic (exact) mass is 305 g/mol. The van der Waals surface area contributed by atoms with Crippen LogP contribution in [-0.2, 0) is 0 Å². The van der Waals surface area contributed by atoms with Gasteiger partial charge in [0.2, 0.25) is 0 Å². The zero-order valence-corrected chi connectivity index (χ0v) is 10.7. The first kappa shape index (κ1) is 11.3. The van der Waals surface area contributed by atoms with Crippen molar-refractivity contribution in [3.8, 4) is 11.5 Å². The van der Waals surface area contributed by atoms with Gasteiger partial charge < -0.3 is 20.4 Å². The van der Waals surface area contributed by atoms with Gasteiger partial charge in [0, 0.05) is 0 Å². The average Bonchev–Trinajstić information content (AvgIpc) is 2.53. The van der Waals surface area contributed by atoms with Gasteiger partial charge in [-0.1, -0.05) is 0 Å². The molecule has 0 spiro atoms. The van der Waals surface area contributed by atoms with Crippen molar-refractivity contribution in [2.24, 2.45) is 10.2 Å². The second-order valence-corrected chi connectivity index (χ2v) is 3.96. The van der Waals surface area contributed by atoms with Crippen molar-refractivity contribution >= 4 is 23.3 Å². The van der Waals surface area contributed by atoms with Gasteiger partial charge in [0.25, 0.3) is 0 Å². The molecule has 0 aromatic heterocycles. The lowest BCUT2D eigenvalue weighted by atomic mass is 10.2. The molecule has 0 amide bonds. The van der Waals surface area contributed by atoms with E-state index in [1.807, 2.05) is 0 Å². The second-order valence-electron chi connectivity index (χ2n) is 3.96. The Hall–Kier alpha value is -3.42. The van der Waals surface area contributed by atoms with Crippen molar-refractivity contribution in [2.45, 2.75) is 0 Å². The number of phenols is 2. The van der Waals surface area contributed by atoms with Crippen LogP contribution in [0, 0.1) is 0 Å². The molecule has 8 heteroatoms. The summed E-state index contributed by atoms with van der Waals surface area (Å²) in [4.78, 5) is 22.0. The zero-order chi connectivity index (χ0) is 18.9. The molecule has 0 aliphatic heterocycles. The standard InChI is InChI=1S/C14H10N2O6/c17-11-3-1-7(5-9(11)13(19)20)15-16-8-2-4-12(18)10(6-8)14(21)22/h1-6,17-18H,(H,19,20)(H,21,22)/i1D,3D,5D. The van der Waals surface area contributed by atoms with Crippen molar-refractivity contribution in [3.05, 3.63) is 47.5 Å². The molecule has 0 heterocycles. The topological polar surface area (TPSA) is 140 Å². The number of hydrogen-bond donors (Lipinski definition) is 4. The number of aromatic carboxylic acids is 2. The molecule has 2 aromatic rings. The maximum Gasteiger partial charge on any atom is 0.339 e. The highest BCUT2D eigenvalue weighted by Gasteiger charge is 2.11. The zero-order valence-electron chi connectivity index (χ0n) is 13.7. The Morgan fingerprint density at radius 2 is 1.55 bits per heavy atom. The number of nitrogens with zero attached hydrogens (tertiary/aromatic N) is 2. The van der Waals surface area contributed by atoms with Crippen LogP contribution in [0.3, 0.4) is 0 Å². The molecular formula is C14H10N2O6. The van der Waals surface area contributed by atoms with Crippen LogP contribution >= 0.6 is 0 Å². The summed E-state index contributed by atoms with van der Waals surface area (Å²) < 4.78 is 22.9. The van der Waals surface area contributed by atoms with Gasteiger partial charge in [-0.2, -0.15) is 10.2 Å². The van der Waals surface area contributed by atoms with Gasteiger partial charge in [0.15, 0.2) is 0 Å². The molecule has 2 rings (SSSR count). The van der Waals surface area contributed by atoms with E-state index in [-0.39, 0.29) is 5.69 Å². The number of rotatable bonds is 4. The Balaban J connectivity index is 2.58. The molecule has 0 fully saturated rings. The lowest BCUT2D eigenvalue weighted by molar-refractivity contribution is 0.0682. The predicted octanol–water partition coefficient (Wildman–Crippen LogP) is 2.91. The molecule has 22 heavy (non-hydrogen) atoms. The fourth-order valence-corrected chi connectivity index (χ4v) is 1.46. The summed E-state index contributed by atoms with van der Waals surface area (Å²) in [5.74, 6) is -4.62. The summed E-state index contributed by atoms with van der Waals surface area (Å²) in [6.07, 6.45) is 0. The molecule has 0 saturated carbocycles. The van der Waals surface area contributed by atoms with Crippen LogP contribution in [0.25, 0.3) is 0 Å². The summed E-state index contributed by atoms with van der Waals surface area (Å²) in [6, 6.07) is 0.878. The smallest absolute Gasteiger partial charge is 0.339 e. The number of carboxylic acids is 2. The van der Waals surface area contributed by atoms with E-state index < -0.39 is 58.4 Å². The number of aromatic hydroxyl groups is 2. The van der Waals surface area contributed by atoms with Gasteiger partial charge in [-0.15, -0.1) is 0 Å². The predicted molar refractivity (Wildman–Crippen MR) is 74.3 cm³/mol. The minimum absolute atomic E-state index is 0.0505.